The van der Waals surface area contributed by atoms with Crippen LogP contribution in [0.3, 0.4) is 0 Å². The molecule has 0 aromatic heterocycles. The van der Waals surface area contributed by atoms with E-state index in [-0.39, 0.29) is 0 Å². The molecule has 0 rings (SSSR count). The molecule has 0 atom stereocenters. The summed E-state index contributed by atoms with van der Waals surface area (Å²) in [6.07, 6.45) is 0.356. The summed E-state index contributed by atoms with van der Waals surface area (Å²) in [6.45, 7) is 0. The Morgan fingerprint density at radius 1 is 1.62 bits per heavy atom. The minimum Gasteiger partial charge on any atom is -0.541 e. The summed E-state index contributed by atoms with van der Waals surface area (Å²) in [5, 5.41) is 9.45. The third kappa shape index (κ3) is 1.84. The van der Waals surface area contributed by atoms with Gasteiger partial charge in [0.25, 0.3) is 5.78 Å². The minimum absolute atomic E-state index is 0.356. The number of ketones is 1. The van der Waals surface area contributed by atoms with Gasteiger partial charge in [0.05, 0.1) is 10.3 Å². The van der Waals surface area contributed by atoms with E-state index in [9.17, 15) is 14.7 Å². The molecule has 8 heavy (non-hydrogen) atoms. The second kappa shape index (κ2) is 2.65. The zero-order valence-electron chi connectivity index (χ0n) is 3.75. The van der Waals surface area contributed by atoms with E-state index in [0.29, 0.717) is 6.21 Å². The van der Waals surface area contributed by atoms with E-state index in [1.54, 1.807) is 0 Å². The van der Waals surface area contributed by atoms with Crippen LogP contribution < -0.4 is 5.11 Å². The van der Waals surface area contributed by atoms with Gasteiger partial charge in [-0.25, -0.2) is 0 Å². The van der Waals surface area contributed by atoms with Crippen LogP contribution in [-0.2, 0) is 9.59 Å². The lowest BCUT2D eigenvalue weighted by atomic mass is 10.4. The van der Waals surface area contributed by atoms with Gasteiger partial charge in [0.1, 0.15) is 5.97 Å². The fourth-order valence-corrected chi connectivity index (χ4v) is 0.111. The highest BCUT2D eigenvalue weighted by molar-refractivity contribution is 6.54. The van der Waals surface area contributed by atoms with Crippen molar-refractivity contribution in [3.05, 3.63) is 0 Å². The van der Waals surface area contributed by atoms with E-state index >= 15 is 0 Å². The highest BCUT2D eigenvalue weighted by Crippen LogP contribution is 1.54. The van der Waals surface area contributed by atoms with Crippen LogP contribution in [0.2, 0.25) is 0 Å². The quantitative estimate of drug-likeness (QED) is 0.188. The molecule has 0 saturated heterocycles. The van der Waals surface area contributed by atoms with Crippen LogP contribution in [0.4, 0.5) is 0 Å². The Labute approximate surface area is 44.2 Å². The first-order valence-corrected chi connectivity index (χ1v) is 1.63. The third-order valence-electron chi connectivity index (χ3n) is 0.383. The van der Waals surface area contributed by atoms with Gasteiger partial charge in [-0.2, -0.15) is 0 Å². The van der Waals surface area contributed by atoms with Crippen molar-refractivity contribution in [2.45, 2.75) is 0 Å². The van der Waals surface area contributed by atoms with Crippen LogP contribution in [-0.4, -0.2) is 22.8 Å². The van der Waals surface area contributed by atoms with Crippen molar-refractivity contribution in [3.63, 3.8) is 0 Å². The second-order valence-corrected chi connectivity index (χ2v) is 0.910. The number of carboxylic acid groups (broad SMARTS) is 1. The second-order valence-electron chi connectivity index (χ2n) is 0.910. The lowest BCUT2D eigenvalue weighted by Crippen LogP contribution is -2.32. The van der Waals surface area contributed by atoms with E-state index in [2.05, 4.69) is 4.79 Å². The van der Waals surface area contributed by atoms with Gasteiger partial charge in [0.15, 0.2) is 0 Å². The van der Waals surface area contributed by atoms with Crippen LogP contribution in [0.5, 0.6) is 0 Å². The van der Waals surface area contributed by atoms with Gasteiger partial charge >= 0.3 is 6.21 Å². The van der Waals surface area contributed by atoms with Crippen LogP contribution in [0.15, 0.2) is 0 Å². The average molecular weight is 114 g/mol. The number of nitrogens with one attached hydrogen (secondary N) is 1. The van der Waals surface area contributed by atoms with E-state index in [0.717, 1.165) is 0 Å². The molecule has 0 radical (unpaired) electrons. The van der Waals surface area contributed by atoms with Gasteiger partial charge in [-0.15, -0.1) is 0 Å². The largest absolute Gasteiger partial charge is 0.541 e. The number of nitrogens with zero attached hydrogens (tertiary/aromatic N) is 1. The van der Waals surface area contributed by atoms with E-state index < -0.39 is 11.8 Å². The predicted octanol–water partition coefficient (Wildman–Crippen LogP) is -2.38. The zero-order valence-corrected chi connectivity index (χ0v) is 3.75. The summed E-state index contributed by atoms with van der Waals surface area (Å²) in [5.41, 5.74) is 5.98. The van der Waals surface area contributed by atoms with Gasteiger partial charge in [-0.1, -0.05) is 0 Å². The monoisotopic (exact) mass is 114 g/mol. The smallest absolute Gasteiger partial charge is 0.378 e. The average Bonchev–Trinajstić information content (AvgIpc) is 1.67. The van der Waals surface area contributed by atoms with Crippen LogP contribution in [0, 0.1) is 5.53 Å². The van der Waals surface area contributed by atoms with Gasteiger partial charge < -0.3 is 9.90 Å². The van der Waals surface area contributed by atoms with Gasteiger partial charge in [0, 0.05) is 0 Å². The highest BCUT2D eigenvalue weighted by Gasteiger charge is 2.02. The number of carbonyl (C=O) groups is 2. The third-order valence-corrected chi connectivity index (χ3v) is 0.383. The molecule has 0 aromatic carbocycles. The first-order chi connectivity index (χ1) is 3.68. The topological polar surface area (TPSA) is 95.2 Å². The summed E-state index contributed by atoms with van der Waals surface area (Å²) < 4.78 is 0. The van der Waals surface area contributed by atoms with Crippen molar-refractivity contribution in [1.29, 1.82) is 5.53 Å². The number of Topliss-reactive ketones (excluding diaryl/α,β-unsaturated/α-hetero) is 1. The lowest BCUT2D eigenvalue weighted by Gasteiger charge is -1.83. The van der Waals surface area contributed by atoms with Gasteiger partial charge in [0.2, 0.25) is 0 Å². The molecule has 1 N–H and O–H groups in total. The van der Waals surface area contributed by atoms with Crippen molar-refractivity contribution < 1.29 is 19.5 Å². The predicted molar refractivity (Wildman–Crippen MR) is 19.1 cm³/mol. The first kappa shape index (κ1) is 6.52. The number of hydrogen-bond donors (Lipinski definition) is 1. The molecule has 0 amide bonds. The van der Waals surface area contributed by atoms with E-state index in [4.69, 9.17) is 5.53 Å². The Balaban J connectivity index is 4.05. The van der Waals surface area contributed by atoms with Crippen molar-refractivity contribution in [2.75, 3.05) is 0 Å². The Bertz CT molecular complexity index is 163. The van der Waals surface area contributed by atoms with Crippen molar-refractivity contribution in [3.8, 4) is 0 Å². The zero-order chi connectivity index (χ0) is 6.57. The molecular formula is C3H2N2O3. The molecule has 0 aliphatic heterocycles. The normalized spacial score (nSPS) is 7.00. The molecule has 0 spiro atoms. The number of carboxylic acids is 1. The number of aliphatic carboxylic acids is 1. The van der Waals surface area contributed by atoms with Crippen molar-refractivity contribution >= 4 is 18.0 Å². The molecule has 0 aliphatic rings. The molecule has 5 nitrogen and oxygen atoms in total. The molecule has 5 heteroatoms. The molecule has 0 bridgehead atoms. The summed E-state index contributed by atoms with van der Waals surface area (Å²) in [5.74, 6) is -3.14. The maximum absolute atomic E-state index is 9.81. The maximum atomic E-state index is 9.81. The molecule has 0 aliphatic carbocycles. The summed E-state index contributed by atoms with van der Waals surface area (Å²) in [6, 6.07) is 0. The Morgan fingerprint density at radius 2 is 2.12 bits per heavy atom. The minimum atomic E-state index is -1.85. The molecule has 0 unspecified atom stereocenters. The number of carbonyl (C=O) groups excluding carboxylic acids is 2. The lowest BCUT2D eigenvalue weighted by molar-refractivity contribution is -0.299. The Morgan fingerprint density at radius 3 is 2.25 bits per heavy atom. The standard InChI is InChI=1S/C3H2N2O3/c4-5-1-2(6)3(7)8/h1,4H. The highest BCUT2D eigenvalue weighted by atomic mass is 16.4. The fraction of sp³-hybridized carbons (Fsp3) is 0. The summed E-state index contributed by atoms with van der Waals surface area (Å²) >= 11 is 0. The van der Waals surface area contributed by atoms with Gasteiger partial charge in [-0.3, -0.25) is 4.79 Å². The van der Waals surface area contributed by atoms with Crippen molar-refractivity contribution in [1.82, 2.24) is 0 Å². The first-order valence-electron chi connectivity index (χ1n) is 1.63. The van der Waals surface area contributed by atoms with Crippen LogP contribution >= 0.6 is 0 Å². The number of rotatable bonds is 2. The number of hydrogen-bond acceptors (Lipinski definition) is 4. The molecule has 0 fully saturated rings. The maximum Gasteiger partial charge on any atom is 0.378 e. The molecule has 0 aromatic rings. The van der Waals surface area contributed by atoms with Gasteiger partial charge in [-0.05, 0) is 0 Å². The molecule has 0 saturated carbocycles. The summed E-state index contributed by atoms with van der Waals surface area (Å²) in [4.78, 5) is 21.7. The SMILES string of the molecule is N=[N+]=CC(=O)C(=O)[O-]. The summed E-state index contributed by atoms with van der Waals surface area (Å²) in [7, 11) is 0. The molecule has 42 valence electrons. The van der Waals surface area contributed by atoms with Crippen molar-refractivity contribution in [2.24, 2.45) is 0 Å². The molecule has 0 heterocycles. The van der Waals surface area contributed by atoms with Crippen LogP contribution in [0.1, 0.15) is 0 Å². The van der Waals surface area contributed by atoms with Crippen LogP contribution in [0.25, 0.3) is 0 Å². The fourth-order valence-electron chi connectivity index (χ4n) is 0.111. The van der Waals surface area contributed by atoms with E-state index in [1.807, 2.05) is 0 Å². The molecular weight excluding hydrogens is 112 g/mol. The van der Waals surface area contributed by atoms with E-state index in [1.165, 1.54) is 0 Å². The Hall–Kier alpha value is -1.48. The Kier molecular flexibility index (Phi) is 2.16.